The zero-order chi connectivity index (χ0) is 13.7. The van der Waals surface area contributed by atoms with E-state index in [1.165, 1.54) is 12.8 Å². The standard InChI is InChI=1S/C17H27NO/c1-13-9-14(2)11-16(10-13)12-18-15(3)6-7-17-5-4-8-19-17/h4-5,8-9,13,15-16,18H,6-7,10-12H2,1-3H3. The lowest BCUT2D eigenvalue weighted by atomic mass is 9.83. The molecule has 1 aromatic heterocycles. The first-order valence-electron chi connectivity index (χ1n) is 7.56. The maximum atomic E-state index is 5.37. The molecule has 0 aliphatic heterocycles. The highest BCUT2D eigenvalue weighted by molar-refractivity contribution is 5.06. The van der Waals surface area contributed by atoms with Gasteiger partial charge in [-0.05, 0) is 63.6 Å². The summed E-state index contributed by atoms with van der Waals surface area (Å²) in [6, 6.07) is 4.59. The van der Waals surface area contributed by atoms with E-state index in [4.69, 9.17) is 4.42 Å². The first-order valence-corrected chi connectivity index (χ1v) is 7.56. The van der Waals surface area contributed by atoms with Crippen molar-refractivity contribution in [3.8, 4) is 0 Å². The minimum absolute atomic E-state index is 0.562. The molecular weight excluding hydrogens is 234 g/mol. The minimum atomic E-state index is 0.562. The van der Waals surface area contributed by atoms with E-state index in [9.17, 15) is 0 Å². The zero-order valence-corrected chi connectivity index (χ0v) is 12.5. The Kier molecular flexibility index (Phi) is 5.26. The SMILES string of the molecule is CC1=CC(C)CC(CNC(C)CCc2ccco2)C1. The summed E-state index contributed by atoms with van der Waals surface area (Å²) in [5.74, 6) is 2.66. The Bertz CT molecular complexity index is 393. The molecule has 1 N–H and O–H groups in total. The first-order chi connectivity index (χ1) is 9.13. The van der Waals surface area contributed by atoms with Crippen LogP contribution in [-0.4, -0.2) is 12.6 Å². The molecule has 2 heteroatoms. The number of hydrogen-bond acceptors (Lipinski definition) is 2. The van der Waals surface area contributed by atoms with Gasteiger partial charge in [0.2, 0.25) is 0 Å². The molecule has 1 aromatic rings. The van der Waals surface area contributed by atoms with Crippen molar-refractivity contribution >= 4 is 0 Å². The fraction of sp³-hybridized carbons (Fsp3) is 0.647. The molecule has 0 saturated heterocycles. The van der Waals surface area contributed by atoms with Crippen LogP contribution in [0.15, 0.2) is 34.5 Å². The van der Waals surface area contributed by atoms with Crippen LogP contribution < -0.4 is 5.32 Å². The third kappa shape index (κ3) is 4.87. The van der Waals surface area contributed by atoms with E-state index in [2.05, 4.69) is 38.2 Å². The highest BCUT2D eigenvalue weighted by Crippen LogP contribution is 2.27. The number of rotatable bonds is 6. The van der Waals surface area contributed by atoms with Crippen LogP contribution >= 0.6 is 0 Å². The van der Waals surface area contributed by atoms with Gasteiger partial charge < -0.3 is 9.73 Å². The lowest BCUT2D eigenvalue weighted by Gasteiger charge is -2.27. The second kappa shape index (κ2) is 6.95. The molecule has 2 rings (SSSR count). The van der Waals surface area contributed by atoms with Crippen molar-refractivity contribution in [3.05, 3.63) is 35.8 Å². The number of hydrogen-bond donors (Lipinski definition) is 1. The Labute approximate surface area is 117 Å². The molecular formula is C17H27NO. The molecule has 3 unspecified atom stereocenters. The summed E-state index contributed by atoms with van der Waals surface area (Å²) in [7, 11) is 0. The third-order valence-corrected chi connectivity index (χ3v) is 4.04. The summed E-state index contributed by atoms with van der Waals surface area (Å²) in [6.07, 6.45) is 8.95. The molecule has 0 fully saturated rings. The molecule has 1 heterocycles. The number of allylic oxidation sites excluding steroid dienone is 2. The minimum Gasteiger partial charge on any atom is -0.469 e. The van der Waals surface area contributed by atoms with E-state index >= 15 is 0 Å². The van der Waals surface area contributed by atoms with Gasteiger partial charge >= 0.3 is 0 Å². The van der Waals surface area contributed by atoms with Crippen LogP contribution in [0.5, 0.6) is 0 Å². The van der Waals surface area contributed by atoms with Crippen LogP contribution in [0.25, 0.3) is 0 Å². The summed E-state index contributed by atoms with van der Waals surface area (Å²) < 4.78 is 5.37. The van der Waals surface area contributed by atoms with Crippen molar-refractivity contribution in [3.63, 3.8) is 0 Å². The van der Waals surface area contributed by atoms with E-state index in [0.29, 0.717) is 6.04 Å². The van der Waals surface area contributed by atoms with Crippen LogP contribution in [0.1, 0.15) is 45.8 Å². The lowest BCUT2D eigenvalue weighted by molar-refractivity contribution is 0.357. The highest BCUT2D eigenvalue weighted by atomic mass is 16.3. The average molecular weight is 261 g/mol. The molecule has 0 aromatic carbocycles. The zero-order valence-electron chi connectivity index (χ0n) is 12.5. The van der Waals surface area contributed by atoms with Gasteiger partial charge in [-0.1, -0.05) is 18.6 Å². The highest BCUT2D eigenvalue weighted by Gasteiger charge is 2.18. The van der Waals surface area contributed by atoms with E-state index in [-0.39, 0.29) is 0 Å². The number of furan rings is 1. The molecule has 0 spiro atoms. The van der Waals surface area contributed by atoms with Crippen LogP contribution in [0, 0.1) is 11.8 Å². The molecule has 0 amide bonds. The van der Waals surface area contributed by atoms with E-state index in [1.807, 2.05) is 6.07 Å². The quantitative estimate of drug-likeness (QED) is 0.777. The fourth-order valence-electron chi connectivity index (χ4n) is 3.13. The molecule has 3 atom stereocenters. The number of aryl methyl sites for hydroxylation is 1. The van der Waals surface area contributed by atoms with Crippen LogP contribution in [0.4, 0.5) is 0 Å². The second-order valence-electron chi connectivity index (χ2n) is 6.22. The van der Waals surface area contributed by atoms with Crippen LogP contribution in [0.3, 0.4) is 0 Å². The van der Waals surface area contributed by atoms with Gasteiger partial charge in [-0.15, -0.1) is 0 Å². The predicted molar refractivity (Wildman–Crippen MR) is 80.1 cm³/mol. The topological polar surface area (TPSA) is 25.2 Å². The summed E-state index contributed by atoms with van der Waals surface area (Å²) in [4.78, 5) is 0. The van der Waals surface area contributed by atoms with E-state index in [1.54, 1.807) is 11.8 Å². The maximum Gasteiger partial charge on any atom is 0.103 e. The van der Waals surface area contributed by atoms with Crippen LogP contribution in [-0.2, 0) is 6.42 Å². The van der Waals surface area contributed by atoms with Gasteiger partial charge in [-0.25, -0.2) is 0 Å². The Hall–Kier alpha value is -1.02. The smallest absolute Gasteiger partial charge is 0.103 e. The van der Waals surface area contributed by atoms with Crippen molar-refractivity contribution < 1.29 is 4.42 Å². The van der Waals surface area contributed by atoms with Gasteiger partial charge in [0.15, 0.2) is 0 Å². The summed E-state index contributed by atoms with van der Waals surface area (Å²) in [5.41, 5.74) is 1.56. The van der Waals surface area contributed by atoms with Gasteiger partial charge in [0.05, 0.1) is 6.26 Å². The largest absolute Gasteiger partial charge is 0.469 e. The van der Waals surface area contributed by atoms with Crippen molar-refractivity contribution in [2.24, 2.45) is 11.8 Å². The van der Waals surface area contributed by atoms with Gasteiger partial charge in [0.1, 0.15) is 5.76 Å². The molecule has 1 aliphatic rings. The Morgan fingerprint density at radius 3 is 3.00 bits per heavy atom. The van der Waals surface area contributed by atoms with Crippen molar-refractivity contribution in [1.82, 2.24) is 5.32 Å². The monoisotopic (exact) mass is 261 g/mol. The predicted octanol–water partition coefficient (Wildman–Crippen LogP) is 4.18. The van der Waals surface area contributed by atoms with Gasteiger partial charge in [-0.2, -0.15) is 0 Å². The van der Waals surface area contributed by atoms with Crippen molar-refractivity contribution in [2.75, 3.05) is 6.54 Å². The summed E-state index contributed by atoms with van der Waals surface area (Å²) in [6.45, 7) is 8.02. The molecule has 2 nitrogen and oxygen atoms in total. The molecule has 0 bridgehead atoms. The Morgan fingerprint density at radius 1 is 1.47 bits per heavy atom. The molecule has 106 valence electrons. The Balaban J connectivity index is 1.66. The van der Waals surface area contributed by atoms with Gasteiger partial charge in [0, 0.05) is 12.5 Å². The van der Waals surface area contributed by atoms with Gasteiger partial charge in [0.25, 0.3) is 0 Å². The summed E-state index contributed by atoms with van der Waals surface area (Å²) in [5, 5.41) is 3.69. The van der Waals surface area contributed by atoms with Crippen molar-refractivity contribution in [2.45, 2.75) is 52.5 Å². The number of nitrogens with one attached hydrogen (secondary N) is 1. The van der Waals surface area contributed by atoms with Crippen molar-refractivity contribution in [1.29, 1.82) is 0 Å². The second-order valence-corrected chi connectivity index (χ2v) is 6.22. The fourth-order valence-corrected chi connectivity index (χ4v) is 3.13. The molecule has 19 heavy (non-hydrogen) atoms. The normalized spacial score (nSPS) is 25.1. The van der Waals surface area contributed by atoms with Crippen LogP contribution in [0.2, 0.25) is 0 Å². The molecule has 1 aliphatic carbocycles. The van der Waals surface area contributed by atoms with E-state index < -0.39 is 0 Å². The average Bonchev–Trinajstić information content (AvgIpc) is 2.86. The van der Waals surface area contributed by atoms with Gasteiger partial charge in [-0.3, -0.25) is 0 Å². The third-order valence-electron chi connectivity index (χ3n) is 4.04. The first kappa shape index (κ1) is 14.4. The lowest BCUT2D eigenvalue weighted by Crippen LogP contribution is -2.33. The summed E-state index contributed by atoms with van der Waals surface area (Å²) >= 11 is 0. The Morgan fingerprint density at radius 2 is 2.32 bits per heavy atom. The maximum absolute atomic E-state index is 5.37. The van der Waals surface area contributed by atoms with E-state index in [0.717, 1.165) is 37.0 Å². The molecule has 0 saturated carbocycles. The molecule has 0 radical (unpaired) electrons.